The van der Waals surface area contributed by atoms with Crippen LogP contribution in [0, 0.1) is 10.1 Å². The second kappa shape index (κ2) is 10.9. The van der Waals surface area contributed by atoms with Crippen LogP contribution in [0.2, 0.25) is 5.02 Å². The normalized spacial score (nSPS) is 10.2. The average Bonchev–Trinajstić information content (AvgIpc) is 2.82. The van der Waals surface area contributed by atoms with Crippen molar-refractivity contribution in [3.63, 3.8) is 0 Å². The highest BCUT2D eigenvalue weighted by atomic mass is 35.5. The molecular weight excluding hydrogens is 450 g/mol. The third-order valence-corrected chi connectivity index (χ3v) is 4.77. The summed E-state index contributed by atoms with van der Waals surface area (Å²) in [5, 5.41) is 15.8. The Morgan fingerprint density at radius 1 is 0.970 bits per heavy atom. The van der Waals surface area contributed by atoms with E-state index in [0.29, 0.717) is 5.69 Å². The molecule has 0 aliphatic carbocycles. The third kappa shape index (κ3) is 6.37. The van der Waals surface area contributed by atoms with Crippen LogP contribution < -0.4 is 10.6 Å². The monoisotopic (exact) mass is 467 g/mol. The van der Waals surface area contributed by atoms with Crippen molar-refractivity contribution in [1.82, 2.24) is 5.32 Å². The summed E-state index contributed by atoms with van der Waals surface area (Å²) in [6.07, 6.45) is 0. The molecule has 0 atom stereocenters. The summed E-state index contributed by atoms with van der Waals surface area (Å²) in [6.45, 7) is -1.08. The van der Waals surface area contributed by atoms with E-state index < -0.39 is 41.5 Å². The van der Waals surface area contributed by atoms with Gasteiger partial charge in [0.1, 0.15) is 11.6 Å². The Morgan fingerprint density at radius 3 is 2.39 bits per heavy atom. The standard InChI is InChI=1S/C23H18ClN3O6/c24-18-11-10-16(12-20(18)27(31)32)23(30)25-13-22(29)33-14-21(28)26-19-9-5-4-8-17(19)15-6-2-1-3-7-15/h1-12H,13-14H2,(H,25,30)(H,26,28). The molecule has 2 amide bonds. The number of benzene rings is 3. The summed E-state index contributed by atoms with van der Waals surface area (Å²) >= 11 is 5.71. The molecule has 0 fully saturated rings. The van der Waals surface area contributed by atoms with Crippen molar-refractivity contribution >= 4 is 40.8 Å². The van der Waals surface area contributed by atoms with Crippen molar-refractivity contribution in [2.45, 2.75) is 0 Å². The number of nitro benzene ring substituents is 1. The van der Waals surface area contributed by atoms with Gasteiger partial charge in [-0.05, 0) is 23.8 Å². The van der Waals surface area contributed by atoms with Gasteiger partial charge in [0.2, 0.25) is 0 Å². The predicted octanol–water partition coefficient (Wildman–Crippen LogP) is 3.83. The van der Waals surface area contributed by atoms with Gasteiger partial charge in [0.05, 0.1) is 4.92 Å². The molecule has 10 heteroatoms. The van der Waals surface area contributed by atoms with Gasteiger partial charge in [-0.15, -0.1) is 0 Å². The molecule has 168 valence electrons. The van der Waals surface area contributed by atoms with Crippen molar-refractivity contribution in [1.29, 1.82) is 0 Å². The lowest BCUT2D eigenvalue weighted by Crippen LogP contribution is -2.32. The van der Waals surface area contributed by atoms with E-state index in [1.165, 1.54) is 12.1 Å². The van der Waals surface area contributed by atoms with Gasteiger partial charge < -0.3 is 15.4 Å². The van der Waals surface area contributed by atoms with Crippen LogP contribution >= 0.6 is 11.6 Å². The summed E-state index contributed by atoms with van der Waals surface area (Å²) in [5.41, 5.74) is 1.80. The maximum absolute atomic E-state index is 12.2. The van der Waals surface area contributed by atoms with Gasteiger partial charge in [-0.1, -0.05) is 60.1 Å². The third-order valence-electron chi connectivity index (χ3n) is 4.45. The minimum absolute atomic E-state index is 0.0471. The molecule has 0 aliphatic rings. The summed E-state index contributed by atoms with van der Waals surface area (Å²) in [5.74, 6) is -2.13. The first-order valence-electron chi connectivity index (χ1n) is 9.67. The van der Waals surface area contributed by atoms with Crippen LogP contribution in [0.15, 0.2) is 72.8 Å². The molecular formula is C23H18ClN3O6. The lowest BCUT2D eigenvalue weighted by molar-refractivity contribution is -0.384. The van der Waals surface area contributed by atoms with Crippen molar-refractivity contribution in [2.75, 3.05) is 18.5 Å². The van der Waals surface area contributed by atoms with E-state index in [4.69, 9.17) is 16.3 Å². The lowest BCUT2D eigenvalue weighted by atomic mass is 10.0. The summed E-state index contributed by atoms with van der Waals surface area (Å²) in [6, 6.07) is 20.2. The van der Waals surface area contributed by atoms with E-state index in [1.54, 1.807) is 12.1 Å². The number of hydrogen-bond acceptors (Lipinski definition) is 6. The molecule has 0 aromatic heterocycles. The summed E-state index contributed by atoms with van der Waals surface area (Å²) < 4.78 is 4.89. The number of esters is 1. The minimum Gasteiger partial charge on any atom is -0.454 e. The van der Waals surface area contributed by atoms with Crippen LogP contribution in [-0.4, -0.2) is 35.9 Å². The van der Waals surface area contributed by atoms with E-state index in [-0.39, 0.29) is 10.6 Å². The topological polar surface area (TPSA) is 128 Å². The number of rotatable bonds is 8. The van der Waals surface area contributed by atoms with E-state index >= 15 is 0 Å². The van der Waals surface area contributed by atoms with Crippen molar-refractivity contribution in [3.8, 4) is 11.1 Å². The van der Waals surface area contributed by atoms with E-state index in [1.807, 2.05) is 42.5 Å². The van der Waals surface area contributed by atoms with Crippen LogP contribution in [0.1, 0.15) is 10.4 Å². The Labute approximate surface area is 193 Å². The van der Waals surface area contributed by atoms with Gasteiger partial charge >= 0.3 is 5.97 Å². The maximum Gasteiger partial charge on any atom is 0.325 e. The summed E-state index contributed by atoms with van der Waals surface area (Å²) in [4.78, 5) is 46.5. The highest BCUT2D eigenvalue weighted by Crippen LogP contribution is 2.27. The molecule has 33 heavy (non-hydrogen) atoms. The van der Waals surface area contributed by atoms with Crippen LogP contribution in [0.4, 0.5) is 11.4 Å². The zero-order valence-electron chi connectivity index (χ0n) is 17.1. The SMILES string of the molecule is O=C(COC(=O)CNC(=O)c1ccc(Cl)c([N+](=O)[O-])c1)Nc1ccccc1-c1ccccc1. The highest BCUT2D eigenvalue weighted by molar-refractivity contribution is 6.32. The predicted molar refractivity (Wildman–Crippen MR) is 122 cm³/mol. The molecule has 0 unspecified atom stereocenters. The number of hydrogen-bond donors (Lipinski definition) is 2. The number of carbonyl (C=O) groups excluding carboxylic acids is 3. The van der Waals surface area contributed by atoms with E-state index in [9.17, 15) is 24.5 Å². The van der Waals surface area contributed by atoms with E-state index in [2.05, 4.69) is 10.6 Å². The molecule has 0 saturated heterocycles. The van der Waals surface area contributed by atoms with Gasteiger partial charge in [-0.3, -0.25) is 24.5 Å². The number of ether oxygens (including phenoxy) is 1. The molecule has 9 nitrogen and oxygen atoms in total. The van der Waals surface area contributed by atoms with Crippen molar-refractivity contribution < 1.29 is 24.0 Å². The molecule has 0 aliphatic heterocycles. The quantitative estimate of drug-likeness (QED) is 0.294. The molecule has 0 heterocycles. The van der Waals surface area contributed by atoms with Crippen molar-refractivity contribution in [2.24, 2.45) is 0 Å². The van der Waals surface area contributed by atoms with E-state index in [0.717, 1.165) is 17.2 Å². The minimum atomic E-state index is -0.849. The van der Waals surface area contributed by atoms with Gasteiger partial charge in [0.15, 0.2) is 6.61 Å². The molecule has 2 N–H and O–H groups in total. The van der Waals surface area contributed by atoms with Crippen LogP contribution in [0.5, 0.6) is 0 Å². The highest BCUT2D eigenvalue weighted by Gasteiger charge is 2.17. The first-order valence-corrected chi connectivity index (χ1v) is 10.0. The second-order valence-electron chi connectivity index (χ2n) is 6.73. The van der Waals surface area contributed by atoms with Crippen LogP contribution in [0.25, 0.3) is 11.1 Å². The Morgan fingerprint density at radius 2 is 1.67 bits per heavy atom. The average molecular weight is 468 g/mol. The second-order valence-corrected chi connectivity index (χ2v) is 7.13. The number of nitrogens with zero attached hydrogens (tertiary/aromatic N) is 1. The fourth-order valence-electron chi connectivity index (χ4n) is 2.89. The Balaban J connectivity index is 1.51. The number of halogens is 1. The Hall–Kier alpha value is -4.24. The van der Waals surface area contributed by atoms with Gasteiger partial charge in [-0.25, -0.2) is 0 Å². The molecule has 0 spiro atoms. The van der Waals surface area contributed by atoms with Crippen LogP contribution in [0.3, 0.4) is 0 Å². The zero-order chi connectivity index (χ0) is 23.8. The van der Waals surface area contributed by atoms with Gasteiger partial charge in [0, 0.05) is 22.9 Å². The molecule has 3 aromatic carbocycles. The summed E-state index contributed by atoms with van der Waals surface area (Å²) in [7, 11) is 0. The maximum atomic E-state index is 12.2. The molecule has 3 aromatic rings. The molecule has 0 bridgehead atoms. The smallest absolute Gasteiger partial charge is 0.325 e. The zero-order valence-corrected chi connectivity index (χ0v) is 17.9. The van der Waals surface area contributed by atoms with Gasteiger partial charge in [-0.2, -0.15) is 0 Å². The van der Waals surface area contributed by atoms with Crippen molar-refractivity contribution in [3.05, 3.63) is 93.5 Å². The molecule has 0 radical (unpaired) electrons. The number of para-hydroxylation sites is 1. The lowest BCUT2D eigenvalue weighted by Gasteiger charge is -2.12. The fourth-order valence-corrected chi connectivity index (χ4v) is 3.08. The molecule has 3 rings (SSSR count). The number of carbonyl (C=O) groups is 3. The number of amides is 2. The number of nitro groups is 1. The number of nitrogens with one attached hydrogen (secondary N) is 2. The first kappa shape index (κ1) is 23.4. The van der Waals surface area contributed by atoms with Crippen LogP contribution in [-0.2, 0) is 14.3 Å². The number of anilines is 1. The largest absolute Gasteiger partial charge is 0.454 e. The fraction of sp³-hybridized carbons (Fsp3) is 0.0870. The van der Waals surface area contributed by atoms with Gasteiger partial charge in [0.25, 0.3) is 17.5 Å². The molecule has 0 saturated carbocycles. The first-order chi connectivity index (χ1) is 15.8. The Bertz CT molecular complexity index is 1200. The Kier molecular flexibility index (Phi) is 7.72.